The van der Waals surface area contributed by atoms with Gasteiger partial charge in [-0.05, 0) is 63.9 Å². The SMILES string of the molecule is CCCN(CCC)C(C)Cc1ccc(OCC)c(N)c1. The van der Waals surface area contributed by atoms with Gasteiger partial charge in [0.2, 0.25) is 0 Å². The fourth-order valence-corrected chi connectivity index (χ4v) is 2.61. The van der Waals surface area contributed by atoms with Crippen LogP contribution >= 0.6 is 0 Å². The van der Waals surface area contributed by atoms with Gasteiger partial charge in [-0.1, -0.05) is 19.9 Å². The van der Waals surface area contributed by atoms with E-state index in [1.54, 1.807) is 0 Å². The molecule has 0 amide bonds. The van der Waals surface area contributed by atoms with Gasteiger partial charge in [0.15, 0.2) is 0 Å². The van der Waals surface area contributed by atoms with Gasteiger partial charge in [0.25, 0.3) is 0 Å². The highest BCUT2D eigenvalue weighted by Gasteiger charge is 2.13. The summed E-state index contributed by atoms with van der Waals surface area (Å²) in [6, 6.07) is 6.73. The van der Waals surface area contributed by atoms with Crippen LogP contribution in [0.3, 0.4) is 0 Å². The summed E-state index contributed by atoms with van der Waals surface area (Å²) in [6.07, 6.45) is 3.45. The Morgan fingerprint density at radius 1 is 1.15 bits per heavy atom. The lowest BCUT2D eigenvalue weighted by molar-refractivity contribution is 0.208. The molecule has 1 aromatic rings. The van der Waals surface area contributed by atoms with Crippen molar-refractivity contribution in [3.63, 3.8) is 0 Å². The molecule has 0 aromatic heterocycles. The van der Waals surface area contributed by atoms with E-state index < -0.39 is 0 Å². The third-order valence-corrected chi connectivity index (χ3v) is 3.55. The third kappa shape index (κ3) is 5.04. The largest absolute Gasteiger partial charge is 0.492 e. The number of ether oxygens (including phenoxy) is 1. The topological polar surface area (TPSA) is 38.5 Å². The number of benzene rings is 1. The van der Waals surface area contributed by atoms with E-state index in [0.717, 1.165) is 17.9 Å². The summed E-state index contributed by atoms with van der Waals surface area (Å²) in [4.78, 5) is 2.56. The van der Waals surface area contributed by atoms with E-state index in [1.807, 2.05) is 13.0 Å². The molecule has 0 spiro atoms. The number of anilines is 1. The molecule has 3 nitrogen and oxygen atoms in total. The summed E-state index contributed by atoms with van der Waals surface area (Å²) >= 11 is 0. The van der Waals surface area contributed by atoms with Crippen molar-refractivity contribution in [3.8, 4) is 5.75 Å². The minimum absolute atomic E-state index is 0.548. The first kappa shape index (κ1) is 16.8. The van der Waals surface area contributed by atoms with Crippen LogP contribution in [0.4, 0.5) is 5.69 Å². The van der Waals surface area contributed by atoms with Crippen LogP contribution in [0.15, 0.2) is 18.2 Å². The molecule has 2 N–H and O–H groups in total. The zero-order chi connectivity index (χ0) is 15.0. The molecule has 1 unspecified atom stereocenters. The Hall–Kier alpha value is -1.22. The summed E-state index contributed by atoms with van der Waals surface area (Å²) in [5.41, 5.74) is 8.07. The molecule has 1 aromatic carbocycles. The molecule has 0 aliphatic heterocycles. The van der Waals surface area contributed by atoms with Crippen molar-refractivity contribution in [3.05, 3.63) is 23.8 Å². The van der Waals surface area contributed by atoms with Crippen molar-refractivity contribution < 1.29 is 4.74 Å². The number of nitrogens with two attached hydrogens (primary N) is 1. The summed E-state index contributed by atoms with van der Waals surface area (Å²) < 4.78 is 5.49. The van der Waals surface area contributed by atoms with Crippen LogP contribution in [0.1, 0.15) is 46.1 Å². The molecule has 0 radical (unpaired) electrons. The lowest BCUT2D eigenvalue weighted by Crippen LogP contribution is -2.35. The highest BCUT2D eigenvalue weighted by molar-refractivity contribution is 5.54. The molecule has 0 aliphatic carbocycles. The molecule has 114 valence electrons. The lowest BCUT2D eigenvalue weighted by atomic mass is 10.0. The van der Waals surface area contributed by atoms with Crippen LogP contribution < -0.4 is 10.5 Å². The first-order valence-corrected chi connectivity index (χ1v) is 7.87. The van der Waals surface area contributed by atoms with E-state index >= 15 is 0 Å². The molecule has 0 heterocycles. The normalized spacial score (nSPS) is 12.7. The number of nitrogen functional groups attached to an aromatic ring is 1. The standard InChI is InChI=1S/C17H30N2O/c1-5-10-19(11-6-2)14(4)12-15-8-9-17(20-7-3)16(18)13-15/h8-9,13-14H,5-7,10-12,18H2,1-4H3. The fourth-order valence-electron chi connectivity index (χ4n) is 2.61. The zero-order valence-electron chi connectivity index (χ0n) is 13.5. The van der Waals surface area contributed by atoms with Gasteiger partial charge in [0, 0.05) is 6.04 Å². The van der Waals surface area contributed by atoms with Crippen molar-refractivity contribution >= 4 is 5.69 Å². The Balaban J connectivity index is 2.68. The highest BCUT2D eigenvalue weighted by atomic mass is 16.5. The monoisotopic (exact) mass is 278 g/mol. The average molecular weight is 278 g/mol. The second-order valence-corrected chi connectivity index (χ2v) is 5.39. The van der Waals surface area contributed by atoms with E-state index in [9.17, 15) is 0 Å². The second-order valence-electron chi connectivity index (χ2n) is 5.39. The van der Waals surface area contributed by atoms with Crippen LogP contribution in [0.25, 0.3) is 0 Å². The van der Waals surface area contributed by atoms with Gasteiger partial charge >= 0.3 is 0 Å². The Labute approximate surface area is 124 Å². The van der Waals surface area contributed by atoms with Crippen LogP contribution in [-0.4, -0.2) is 30.6 Å². The molecular weight excluding hydrogens is 248 g/mol. The van der Waals surface area contributed by atoms with E-state index in [-0.39, 0.29) is 0 Å². The molecule has 1 atom stereocenters. The van der Waals surface area contributed by atoms with Gasteiger partial charge in [-0.25, -0.2) is 0 Å². The molecule has 0 saturated carbocycles. The Kier molecular flexibility index (Phi) is 7.45. The highest BCUT2D eigenvalue weighted by Crippen LogP contribution is 2.23. The zero-order valence-corrected chi connectivity index (χ0v) is 13.5. The first-order chi connectivity index (χ1) is 9.62. The quantitative estimate of drug-likeness (QED) is 0.700. The van der Waals surface area contributed by atoms with Crippen LogP contribution in [-0.2, 0) is 6.42 Å². The predicted octanol–water partition coefficient (Wildman–Crippen LogP) is 3.72. The number of hydrogen-bond donors (Lipinski definition) is 1. The summed E-state index contributed by atoms with van der Waals surface area (Å²) in [5, 5.41) is 0. The van der Waals surface area contributed by atoms with Gasteiger partial charge in [-0.2, -0.15) is 0 Å². The van der Waals surface area contributed by atoms with Crippen LogP contribution in [0, 0.1) is 0 Å². The molecule has 0 aliphatic rings. The molecule has 3 heteroatoms. The minimum atomic E-state index is 0.548. The van der Waals surface area contributed by atoms with Gasteiger partial charge < -0.3 is 15.4 Å². The maximum absolute atomic E-state index is 6.04. The van der Waals surface area contributed by atoms with Gasteiger partial charge in [0.05, 0.1) is 12.3 Å². The van der Waals surface area contributed by atoms with Crippen LogP contribution in [0.2, 0.25) is 0 Å². The smallest absolute Gasteiger partial charge is 0.142 e. The van der Waals surface area contributed by atoms with Crippen molar-refractivity contribution in [2.75, 3.05) is 25.4 Å². The lowest BCUT2D eigenvalue weighted by Gasteiger charge is -2.28. The van der Waals surface area contributed by atoms with Crippen LogP contribution in [0.5, 0.6) is 5.75 Å². The molecule has 20 heavy (non-hydrogen) atoms. The number of hydrogen-bond acceptors (Lipinski definition) is 3. The van der Waals surface area contributed by atoms with E-state index in [4.69, 9.17) is 10.5 Å². The maximum atomic E-state index is 6.04. The first-order valence-electron chi connectivity index (χ1n) is 7.87. The Morgan fingerprint density at radius 2 is 1.80 bits per heavy atom. The number of rotatable bonds is 9. The van der Waals surface area contributed by atoms with Crippen molar-refractivity contribution in [2.24, 2.45) is 0 Å². The molecular formula is C17H30N2O. The molecule has 0 saturated heterocycles. The van der Waals surface area contributed by atoms with Gasteiger partial charge in [0.1, 0.15) is 5.75 Å². The fraction of sp³-hybridized carbons (Fsp3) is 0.647. The van der Waals surface area contributed by atoms with Crippen molar-refractivity contribution in [1.82, 2.24) is 4.90 Å². The van der Waals surface area contributed by atoms with E-state index in [1.165, 1.54) is 31.5 Å². The number of nitrogens with zero attached hydrogens (tertiary/aromatic N) is 1. The average Bonchev–Trinajstić information content (AvgIpc) is 2.42. The summed E-state index contributed by atoms with van der Waals surface area (Å²) in [6.45, 7) is 11.7. The third-order valence-electron chi connectivity index (χ3n) is 3.55. The maximum Gasteiger partial charge on any atom is 0.142 e. The minimum Gasteiger partial charge on any atom is -0.492 e. The Morgan fingerprint density at radius 3 is 2.30 bits per heavy atom. The predicted molar refractivity (Wildman–Crippen MR) is 87.3 cm³/mol. The van der Waals surface area contributed by atoms with Gasteiger partial charge in [-0.3, -0.25) is 0 Å². The van der Waals surface area contributed by atoms with E-state index in [2.05, 4.69) is 37.8 Å². The molecule has 1 rings (SSSR count). The molecule has 0 bridgehead atoms. The van der Waals surface area contributed by atoms with Gasteiger partial charge in [-0.15, -0.1) is 0 Å². The summed E-state index contributed by atoms with van der Waals surface area (Å²) in [7, 11) is 0. The second kappa shape index (κ2) is 8.85. The van der Waals surface area contributed by atoms with E-state index in [0.29, 0.717) is 12.6 Å². The van der Waals surface area contributed by atoms with Crippen molar-refractivity contribution in [2.45, 2.75) is 53.0 Å². The van der Waals surface area contributed by atoms with Crippen molar-refractivity contribution in [1.29, 1.82) is 0 Å². The Bertz CT molecular complexity index is 387. The summed E-state index contributed by atoms with van der Waals surface area (Å²) in [5.74, 6) is 0.794. The molecule has 0 fully saturated rings.